The number of methoxy groups -OCH3 is 1. The van der Waals surface area contributed by atoms with Crippen LogP contribution in [0.1, 0.15) is 0 Å². The molecule has 1 aliphatic rings. The molecule has 2 aromatic carbocycles. The maximum Gasteiger partial charge on any atom is 0.234 e. The highest BCUT2D eigenvalue weighted by molar-refractivity contribution is 8.00. The average molecular weight is 470 g/mol. The second-order valence-electron chi connectivity index (χ2n) is 7.18. The van der Waals surface area contributed by atoms with Crippen molar-refractivity contribution in [1.82, 2.24) is 9.97 Å². The van der Waals surface area contributed by atoms with E-state index in [1.807, 2.05) is 6.07 Å². The summed E-state index contributed by atoms with van der Waals surface area (Å²) in [4.78, 5) is 26.1. The number of halogens is 1. The Hall–Kier alpha value is -2.97. The zero-order chi connectivity index (χ0) is 22.3. The Morgan fingerprint density at radius 2 is 1.78 bits per heavy atom. The van der Waals surface area contributed by atoms with Crippen molar-refractivity contribution in [3.05, 3.63) is 65.9 Å². The molecule has 0 unspecified atom stereocenters. The minimum absolute atomic E-state index is 0.137. The van der Waals surface area contributed by atoms with Gasteiger partial charge < -0.3 is 19.9 Å². The van der Waals surface area contributed by atoms with Crippen molar-refractivity contribution in [2.75, 3.05) is 54.2 Å². The van der Waals surface area contributed by atoms with Gasteiger partial charge in [0.15, 0.2) is 5.82 Å². The van der Waals surface area contributed by atoms with Gasteiger partial charge in [0.2, 0.25) is 5.91 Å². The normalized spacial score (nSPS) is 13.7. The number of carbonyl (C=O) groups is 1. The monoisotopic (exact) mass is 469 g/mol. The van der Waals surface area contributed by atoms with Crippen molar-refractivity contribution in [3.63, 3.8) is 0 Å². The number of hydrogen-bond donors (Lipinski definition) is 1. The van der Waals surface area contributed by atoms with Crippen LogP contribution in [0.15, 0.2) is 66.0 Å². The molecule has 0 aliphatic carbocycles. The number of piperazine rings is 1. The molecular weight excluding hydrogens is 446 g/mol. The molecule has 32 heavy (non-hydrogen) atoms. The van der Waals surface area contributed by atoms with Gasteiger partial charge in [-0.2, -0.15) is 0 Å². The zero-order valence-corrected chi connectivity index (χ0v) is 19.3. The van der Waals surface area contributed by atoms with Gasteiger partial charge >= 0.3 is 0 Å². The molecule has 4 rings (SSSR count). The number of nitrogens with zero attached hydrogens (tertiary/aromatic N) is 4. The zero-order valence-electron chi connectivity index (χ0n) is 17.7. The molecule has 1 fully saturated rings. The highest BCUT2D eigenvalue weighted by Crippen LogP contribution is 2.29. The quantitative estimate of drug-likeness (QED) is 0.520. The fraction of sp³-hybridized carbons (Fsp3) is 0.261. The van der Waals surface area contributed by atoms with E-state index < -0.39 is 0 Å². The Kier molecular flexibility index (Phi) is 7.34. The highest BCUT2D eigenvalue weighted by Gasteiger charge is 2.21. The van der Waals surface area contributed by atoms with Gasteiger partial charge in [0.05, 0.1) is 17.9 Å². The van der Waals surface area contributed by atoms with Crippen LogP contribution in [-0.2, 0) is 4.79 Å². The third-order valence-corrected chi connectivity index (χ3v) is 6.39. The number of anilines is 3. The van der Waals surface area contributed by atoms with Gasteiger partial charge in [-0.3, -0.25) is 4.79 Å². The Balaban J connectivity index is 1.34. The van der Waals surface area contributed by atoms with Crippen LogP contribution in [0.4, 0.5) is 17.2 Å². The molecule has 0 atom stereocenters. The second-order valence-corrected chi connectivity index (χ2v) is 8.55. The predicted octanol–water partition coefficient (Wildman–Crippen LogP) is 4.20. The van der Waals surface area contributed by atoms with Crippen LogP contribution < -0.4 is 19.9 Å². The summed E-state index contributed by atoms with van der Waals surface area (Å²) in [6.45, 7) is 3.50. The van der Waals surface area contributed by atoms with Crippen LogP contribution in [0.3, 0.4) is 0 Å². The first kappa shape index (κ1) is 22.2. The SMILES string of the molecule is COc1ccc(NC(=O)CSc2nccnc2N2CCN(c3ccccc3)CC2)cc1Cl. The fourth-order valence-electron chi connectivity index (χ4n) is 3.53. The molecule has 1 aromatic heterocycles. The Morgan fingerprint density at radius 1 is 1.06 bits per heavy atom. The molecule has 0 spiro atoms. The Labute approximate surface area is 196 Å². The van der Waals surface area contributed by atoms with Crippen molar-refractivity contribution >= 4 is 46.5 Å². The van der Waals surface area contributed by atoms with E-state index in [4.69, 9.17) is 16.3 Å². The topological polar surface area (TPSA) is 70.6 Å². The number of aromatic nitrogens is 2. The lowest BCUT2D eigenvalue weighted by Gasteiger charge is -2.37. The van der Waals surface area contributed by atoms with E-state index in [9.17, 15) is 4.79 Å². The number of benzene rings is 2. The second kappa shape index (κ2) is 10.6. The lowest BCUT2D eigenvalue weighted by Crippen LogP contribution is -2.47. The summed E-state index contributed by atoms with van der Waals surface area (Å²) in [7, 11) is 1.55. The number of carbonyl (C=O) groups excluding carboxylic acids is 1. The molecule has 1 aliphatic heterocycles. The summed E-state index contributed by atoms with van der Waals surface area (Å²) in [6.07, 6.45) is 3.36. The first-order chi connectivity index (χ1) is 15.6. The number of hydrogen-bond acceptors (Lipinski definition) is 7. The first-order valence-corrected chi connectivity index (χ1v) is 11.6. The smallest absolute Gasteiger partial charge is 0.234 e. The molecule has 3 aromatic rings. The summed E-state index contributed by atoms with van der Waals surface area (Å²) >= 11 is 7.51. The number of rotatable bonds is 7. The molecule has 2 heterocycles. The van der Waals surface area contributed by atoms with Gasteiger partial charge in [0, 0.05) is 49.9 Å². The molecule has 0 saturated carbocycles. The van der Waals surface area contributed by atoms with Crippen LogP contribution in [0.2, 0.25) is 5.02 Å². The maximum atomic E-state index is 12.5. The maximum absolute atomic E-state index is 12.5. The molecule has 1 N–H and O–H groups in total. The summed E-state index contributed by atoms with van der Waals surface area (Å²) in [5.74, 6) is 1.47. The molecular formula is C23H24ClN5O2S. The molecule has 0 bridgehead atoms. The number of thioether (sulfide) groups is 1. The standard InChI is InChI=1S/C23H24ClN5O2S/c1-31-20-8-7-17(15-19(20)24)27-21(30)16-32-23-22(25-9-10-26-23)29-13-11-28(12-14-29)18-5-3-2-4-6-18/h2-10,15H,11-14,16H2,1H3,(H,27,30). The van der Waals surface area contributed by atoms with Crippen LogP contribution in [0.5, 0.6) is 5.75 Å². The van der Waals surface area contributed by atoms with E-state index in [2.05, 4.69) is 49.4 Å². The summed E-state index contributed by atoms with van der Waals surface area (Å²) in [5, 5.41) is 4.06. The minimum Gasteiger partial charge on any atom is -0.495 e. The van der Waals surface area contributed by atoms with Gasteiger partial charge in [0.1, 0.15) is 10.8 Å². The van der Waals surface area contributed by atoms with Crippen molar-refractivity contribution in [1.29, 1.82) is 0 Å². The lowest BCUT2D eigenvalue weighted by atomic mass is 10.2. The van der Waals surface area contributed by atoms with Crippen molar-refractivity contribution < 1.29 is 9.53 Å². The predicted molar refractivity (Wildman–Crippen MR) is 130 cm³/mol. The van der Waals surface area contributed by atoms with Gasteiger partial charge in [-0.15, -0.1) is 0 Å². The summed E-state index contributed by atoms with van der Waals surface area (Å²) in [5.41, 5.74) is 1.86. The third kappa shape index (κ3) is 5.44. The van der Waals surface area contributed by atoms with E-state index in [0.717, 1.165) is 37.0 Å². The number of nitrogens with one attached hydrogen (secondary N) is 1. The van der Waals surface area contributed by atoms with E-state index in [0.29, 0.717) is 16.5 Å². The van der Waals surface area contributed by atoms with E-state index in [1.165, 1.54) is 17.4 Å². The Morgan fingerprint density at radius 3 is 2.50 bits per heavy atom. The van der Waals surface area contributed by atoms with Crippen LogP contribution in [-0.4, -0.2) is 54.9 Å². The number of para-hydroxylation sites is 1. The van der Waals surface area contributed by atoms with Crippen LogP contribution in [0.25, 0.3) is 0 Å². The highest BCUT2D eigenvalue weighted by atomic mass is 35.5. The lowest BCUT2D eigenvalue weighted by molar-refractivity contribution is -0.113. The summed E-state index contributed by atoms with van der Waals surface area (Å²) in [6, 6.07) is 15.6. The fourth-order valence-corrected chi connectivity index (χ4v) is 4.57. The van der Waals surface area contributed by atoms with Crippen molar-refractivity contribution in [3.8, 4) is 5.75 Å². The molecule has 0 radical (unpaired) electrons. The van der Waals surface area contributed by atoms with Gasteiger partial charge in [-0.1, -0.05) is 41.6 Å². The number of ether oxygens (including phenoxy) is 1. The number of amides is 1. The van der Waals surface area contributed by atoms with Crippen LogP contribution in [0, 0.1) is 0 Å². The summed E-state index contributed by atoms with van der Waals surface area (Å²) < 4.78 is 5.14. The van der Waals surface area contributed by atoms with Crippen molar-refractivity contribution in [2.24, 2.45) is 0 Å². The first-order valence-electron chi connectivity index (χ1n) is 10.3. The van der Waals surface area contributed by atoms with Gasteiger partial charge in [-0.25, -0.2) is 9.97 Å². The van der Waals surface area contributed by atoms with E-state index in [1.54, 1.807) is 37.7 Å². The average Bonchev–Trinajstić information content (AvgIpc) is 2.84. The molecule has 1 amide bonds. The van der Waals surface area contributed by atoms with E-state index >= 15 is 0 Å². The third-order valence-electron chi connectivity index (χ3n) is 5.12. The molecule has 7 nitrogen and oxygen atoms in total. The van der Waals surface area contributed by atoms with Gasteiger partial charge in [-0.05, 0) is 30.3 Å². The molecule has 9 heteroatoms. The molecule has 1 saturated heterocycles. The van der Waals surface area contributed by atoms with E-state index in [-0.39, 0.29) is 11.7 Å². The van der Waals surface area contributed by atoms with Crippen molar-refractivity contribution in [2.45, 2.75) is 5.03 Å². The largest absolute Gasteiger partial charge is 0.495 e. The molecule has 166 valence electrons. The Bertz CT molecular complexity index is 1060. The minimum atomic E-state index is -0.137. The van der Waals surface area contributed by atoms with Crippen LogP contribution >= 0.6 is 23.4 Å². The van der Waals surface area contributed by atoms with Gasteiger partial charge in [0.25, 0.3) is 0 Å².